The fraction of sp³-hybridized carbons (Fsp3) is 1.00. The van der Waals surface area contributed by atoms with Crippen LogP contribution in [-0.4, -0.2) is 29.1 Å². The summed E-state index contributed by atoms with van der Waals surface area (Å²) in [5.74, 6) is -2.42. The first-order valence-corrected chi connectivity index (χ1v) is 3.88. The second-order valence-electron chi connectivity index (χ2n) is 2.15. The van der Waals surface area contributed by atoms with Gasteiger partial charge in [0.15, 0.2) is 0 Å². The Labute approximate surface area is 56.4 Å². The minimum Gasteiger partial charge on any atom is -0.390 e. The summed E-state index contributed by atoms with van der Waals surface area (Å²) in [7, 11) is 0. The van der Waals surface area contributed by atoms with Crippen molar-refractivity contribution in [3.05, 3.63) is 0 Å². The number of halogens is 2. The zero-order chi connectivity index (χ0) is 6.91. The Kier molecular flexibility index (Phi) is 1.96. The SMILES string of the molecule is OCC(F)(F)C1CSC1. The molecule has 0 aliphatic carbocycles. The summed E-state index contributed by atoms with van der Waals surface area (Å²) in [5.41, 5.74) is 0. The van der Waals surface area contributed by atoms with E-state index in [-0.39, 0.29) is 0 Å². The Morgan fingerprint density at radius 2 is 2.11 bits per heavy atom. The van der Waals surface area contributed by atoms with Gasteiger partial charge in [-0.15, -0.1) is 0 Å². The third-order valence-corrected chi connectivity index (χ3v) is 2.72. The van der Waals surface area contributed by atoms with Crippen molar-refractivity contribution in [2.24, 2.45) is 5.92 Å². The molecule has 0 spiro atoms. The molecule has 0 aromatic carbocycles. The van der Waals surface area contributed by atoms with E-state index >= 15 is 0 Å². The molecule has 0 saturated carbocycles. The van der Waals surface area contributed by atoms with E-state index in [1.165, 1.54) is 11.8 Å². The number of rotatable bonds is 2. The maximum atomic E-state index is 12.3. The van der Waals surface area contributed by atoms with E-state index < -0.39 is 18.4 Å². The van der Waals surface area contributed by atoms with E-state index in [1.807, 2.05) is 0 Å². The number of hydrogen-bond acceptors (Lipinski definition) is 2. The summed E-state index contributed by atoms with van der Waals surface area (Å²) in [5, 5.41) is 8.17. The molecule has 1 aliphatic rings. The van der Waals surface area contributed by atoms with Crippen molar-refractivity contribution in [1.82, 2.24) is 0 Å². The summed E-state index contributed by atoms with van der Waals surface area (Å²) in [6.45, 7) is -1.00. The van der Waals surface area contributed by atoms with Crippen molar-refractivity contribution in [1.29, 1.82) is 0 Å². The molecular weight excluding hydrogens is 146 g/mol. The first-order valence-electron chi connectivity index (χ1n) is 2.73. The van der Waals surface area contributed by atoms with Crippen molar-refractivity contribution in [2.45, 2.75) is 5.92 Å². The topological polar surface area (TPSA) is 20.2 Å². The van der Waals surface area contributed by atoms with Gasteiger partial charge in [0.2, 0.25) is 0 Å². The van der Waals surface area contributed by atoms with Crippen LogP contribution in [0.15, 0.2) is 0 Å². The molecule has 0 unspecified atom stereocenters. The van der Waals surface area contributed by atoms with Crippen LogP contribution in [0.25, 0.3) is 0 Å². The molecule has 0 radical (unpaired) electrons. The Hall–Kier alpha value is 0.170. The second-order valence-corrected chi connectivity index (χ2v) is 3.23. The van der Waals surface area contributed by atoms with E-state index in [0.717, 1.165) is 0 Å². The monoisotopic (exact) mass is 154 g/mol. The van der Waals surface area contributed by atoms with Crippen molar-refractivity contribution in [2.75, 3.05) is 18.1 Å². The van der Waals surface area contributed by atoms with E-state index in [1.54, 1.807) is 0 Å². The lowest BCUT2D eigenvalue weighted by Crippen LogP contribution is -2.40. The van der Waals surface area contributed by atoms with E-state index in [2.05, 4.69) is 0 Å². The molecule has 1 nitrogen and oxygen atoms in total. The Morgan fingerprint density at radius 1 is 1.56 bits per heavy atom. The average Bonchev–Trinajstić information content (AvgIpc) is 1.60. The molecule has 1 rings (SSSR count). The van der Waals surface area contributed by atoms with Crippen LogP contribution < -0.4 is 0 Å². The van der Waals surface area contributed by atoms with Gasteiger partial charge < -0.3 is 5.11 Å². The van der Waals surface area contributed by atoms with Gasteiger partial charge in [0, 0.05) is 17.4 Å². The molecule has 1 heterocycles. The minimum atomic E-state index is -2.83. The zero-order valence-corrected chi connectivity index (χ0v) is 5.63. The third kappa shape index (κ3) is 1.35. The Morgan fingerprint density at radius 3 is 2.22 bits per heavy atom. The maximum Gasteiger partial charge on any atom is 0.275 e. The molecule has 0 atom stereocenters. The van der Waals surface area contributed by atoms with E-state index in [9.17, 15) is 8.78 Å². The fourth-order valence-electron chi connectivity index (χ4n) is 0.609. The van der Waals surface area contributed by atoms with Crippen molar-refractivity contribution >= 4 is 11.8 Å². The van der Waals surface area contributed by atoms with Crippen LogP contribution in [0, 0.1) is 5.92 Å². The van der Waals surface area contributed by atoms with Crippen LogP contribution in [0.2, 0.25) is 0 Å². The van der Waals surface area contributed by atoms with Crippen LogP contribution in [-0.2, 0) is 0 Å². The van der Waals surface area contributed by atoms with E-state index in [4.69, 9.17) is 5.11 Å². The van der Waals surface area contributed by atoms with Crippen LogP contribution in [0.5, 0.6) is 0 Å². The normalized spacial score (nSPS) is 21.7. The predicted octanol–water partition coefficient (Wildman–Crippen LogP) is 0.977. The van der Waals surface area contributed by atoms with Gasteiger partial charge in [-0.3, -0.25) is 0 Å². The minimum absolute atomic E-state index is 0.494. The summed E-state index contributed by atoms with van der Waals surface area (Å²) in [6.07, 6.45) is 0. The number of alkyl halides is 2. The predicted molar refractivity (Wildman–Crippen MR) is 32.8 cm³/mol. The van der Waals surface area contributed by atoms with Crippen LogP contribution >= 0.6 is 11.8 Å². The number of aliphatic hydroxyl groups excluding tert-OH is 1. The van der Waals surface area contributed by atoms with Gasteiger partial charge >= 0.3 is 0 Å². The van der Waals surface area contributed by atoms with Gasteiger partial charge in [-0.1, -0.05) is 0 Å². The Balaban J connectivity index is 2.37. The van der Waals surface area contributed by atoms with Crippen molar-refractivity contribution < 1.29 is 13.9 Å². The van der Waals surface area contributed by atoms with Crippen LogP contribution in [0.4, 0.5) is 8.78 Å². The van der Waals surface area contributed by atoms with Gasteiger partial charge in [0.1, 0.15) is 6.61 Å². The molecular formula is C5H8F2OS. The molecule has 1 fully saturated rings. The Bertz CT molecular complexity index is 103. The smallest absolute Gasteiger partial charge is 0.275 e. The lowest BCUT2D eigenvalue weighted by Gasteiger charge is -2.31. The molecule has 0 aromatic heterocycles. The molecule has 1 saturated heterocycles. The fourth-order valence-corrected chi connectivity index (χ4v) is 1.57. The molecule has 9 heavy (non-hydrogen) atoms. The van der Waals surface area contributed by atoms with Crippen molar-refractivity contribution in [3.8, 4) is 0 Å². The molecule has 0 amide bonds. The second kappa shape index (κ2) is 2.42. The summed E-state index contributed by atoms with van der Waals surface area (Å²) >= 11 is 1.50. The summed E-state index contributed by atoms with van der Waals surface area (Å²) in [4.78, 5) is 0. The van der Waals surface area contributed by atoms with Gasteiger partial charge in [0.25, 0.3) is 5.92 Å². The molecule has 54 valence electrons. The first-order chi connectivity index (χ1) is 4.17. The lowest BCUT2D eigenvalue weighted by atomic mass is 10.1. The van der Waals surface area contributed by atoms with Crippen LogP contribution in [0.1, 0.15) is 0 Å². The van der Waals surface area contributed by atoms with Gasteiger partial charge in [-0.2, -0.15) is 11.8 Å². The van der Waals surface area contributed by atoms with Gasteiger partial charge in [-0.05, 0) is 0 Å². The maximum absolute atomic E-state index is 12.3. The highest BCUT2D eigenvalue weighted by atomic mass is 32.2. The number of hydrogen-bond donors (Lipinski definition) is 1. The highest BCUT2D eigenvalue weighted by Crippen LogP contribution is 2.37. The molecule has 0 bridgehead atoms. The van der Waals surface area contributed by atoms with Gasteiger partial charge in [0.05, 0.1) is 0 Å². The largest absolute Gasteiger partial charge is 0.390 e. The summed E-state index contributed by atoms with van der Waals surface area (Å²) < 4.78 is 24.7. The highest BCUT2D eigenvalue weighted by molar-refractivity contribution is 8.00. The zero-order valence-electron chi connectivity index (χ0n) is 4.81. The van der Waals surface area contributed by atoms with E-state index in [0.29, 0.717) is 11.5 Å². The quantitative estimate of drug-likeness (QED) is 0.639. The average molecular weight is 154 g/mol. The van der Waals surface area contributed by atoms with Crippen molar-refractivity contribution in [3.63, 3.8) is 0 Å². The summed E-state index contributed by atoms with van der Waals surface area (Å²) in [6, 6.07) is 0. The van der Waals surface area contributed by atoms with Crippen LogP contribution in [0.3, 0.4) is 0 Å². The number of thioether (sulfide) groups is 1. The van der Waals surface area contributed by atoms with Gasteiger partial charge in [-0.25, -0.2) is 8.78 Å². The molecule has 4 heteroatoms. The lowest BCUT2D eigenvalue weighted by molar-refractivity contribution is -0.0867. The molecule has 1 aliphatic heterocycles. The highest BCUT2D eigenvalue weighted by Gasteiger charge is 2.42. The molecule has 1 N–H and O–H groups in total. The third-order valence-electron chi connectivity index (χ3n) is 1.45. The molecule has 0 aromatic rings. The first kappa shape index (κ1) is 7.28. The standard InChI is InChI=1S/C5H8F2OS/c6-5(7,3-8)4-1-9-2-4/h4,8H,1-3H2. The number of aliphatic hydroxyl groups is 1.